The van der Waals surface area contributed by atoms with Crippen LogP contribution in [0.2, 0.25) is 0 Å². The van der Waals surface area contributed by atoms with Gasteiger partial charge >= 0.3 is 0 Å². The normalized spacial score (nSPS) is 38.2. The van der Waals surface area contributed by atoms with E-state index in [4.69, 9.17) is 4.74 Å². The molecule has 0 aromatic heterocycles. The van der Waals surface area contributed by atoms with E-state index < -0.39 is 0 Å². The van der Waals surface area contributed by atoms with Gasteiger partial charge in [-0.3, -0.25) is 4.79 Å². The van der Waals surface area contributed by atoms with Gasteiger partial charge in [0.05, 0.1) is 12.0 Å². The van der Waals surface area contributed by atoms with Crippen molar-refractivity contribution in [2.24, 2.45) is 11.8 Å². The lowest BCUT2D eigenvalue weighted by Gasteiger charge is -2.41. The molecule has 88 valence electrons. The number of fused-ring (bicyclic) bond motifs is 4. The maximum atomic E-state index is 12.2. The number of ketones is 1. The Labute approximate surface area is 101 Å². The van der Waals surface area contributed by atoms with E-state index in [0.29, 0.717) is 12.3 Å². The number of ether oxygens (including phenoxy) is 1. The number of para-hydroxylation sites is 1. The van der Waals surface area contributed by atoms with Crippen LogP contribution in [0.4, 0.5) is 0 Å². The molecule has 1 aliphatic heterocycles. The molecule has 0 radical (unpaired) electrons. The summed E-state index contributed by atoms with van der Waals surface area (Å²) in [5, 5.41) is 0. The molecule has 2 nitrogen and oxygen atoms in total. The summed E-state index contributed by atoms with van der Waals surface area (Å²) >= 11 is 0. The summed E-state index contributed by atoms with van der Waals surface area (Å²) in [5.74, 6) is 2.51. The van der Waals surface area contributed by atoms with E-state index in [1.54, 1.807) is 0 Å². The fourth-order valence-corrected chi connectivity index (χ4v) is 4.14. The molecule has 2 aliphatic carbocycles. The summed E-state index contributed by atoms with van der Waals surface area (Å²) in [6, 6.07) is 7.70. The lowest BCUT2D eigenvalue weighted by atomic mass is 9.78. The van der Waals surface area contributed by atoms with Gasteiger partial charge in [-0.1, -0.05) is 12.1 Å². The highest BCUT2D eigenvalue weighted by Gasteiger charge is 2.55. The monoisotopic (exact) mass is 228 g/mol. The molecule has 17 heavy (non-hydrogen) atoms. The van der Waals surface area contributed by atoms with Crippen LogP contribution in [0, 0.1) is 11.8 Å². The van der Waals surface area contributed by atoms with Gasteiger partial charge in [0.15, 0.2) is 5.78 Å². The Hall–Kier alpha value is -1.31. The van der Waals surface area contributed by atoms with E-state index in [0.717, 1.165) is 23.7 Å². The van der Waals surface area contributed by atoms with E-state index in [9.17, 15) is 4.79 Å². The van der Waals surface area contributed by atoms with Crippen LogP contribution in [-0.4, -0.2) is 11.4 Å². The van der Waals surface area contributed by atoms with E-state index in [2.05, 4.69) is 0 Å². The topological polar surface area (TPSA) is 26.3 Å². The average Bonchev–Trinajstić information content (AvgIpc) is 2.89. The fourth-order valence-electron chi connectivity index (χ4n) is 4.14. The van der Waals surface area contributed by atoms with Gasteiger partial charge < -0.3 is 4.74 Å². The van der Waals surface area contributed by atoms with Gasteiger partial charge in [0.25, 0.3) is 0 Å². The van der Waals surface area contributed by atoms with Gasteiger partial charge in [0.1, 0.15) is 11.4 Å². The standard InChI is InChI=1S/C15H16O2/c16-13-9-15(8-10-5-6-11(15)7-10)17-14-4-2-1-3-12(13)14/h1-4,10-11H,5-9H2. The Bertz CT molecular complexity index is 493. The lowest BCUT2D eigenvalue weighted by molar-refractivity contribution is -0.000485. The van der Waals surface area contributed by atoms with Crippen molar-refractivity contribution >= 4 is 5.78 Å². The maximum absolute atomic E-state index is 12.2. The van der Waals surface area contributed by atoms with Gasteiger partial charge in [-0.05, 0) is 49.7 Å². The Morgan fingerprint density at radius 3 is 2.88 bits per heavy atom. The molecule has 1 heterocycles. The first-order chi connectivity index (χ1) is 8.27. The molecular weight excluding hydrogens is 212 g/mol. The summed E-state index contributed by atoms with van der Waals surface area (Å²) in [6.07, 6.45) is 5.56. The molecule has 1 aromatic rings. The van der Waals surface area contributed by atoms with E-state index in [1.165, 1.54) is 19.3 Å². The molecule has 1 aromatic carbocycles. The van der Waals surface area contributed by atoms with Gasteiger partial charge in [-0.25, -0.2) is 0 Å². The van der Waals surface area contributed by atoms with Crippen molar-refractivity contribution in [3.8, 4) is 5.75 Å². The third kappa shape index (κ3) is 1.24. The first-order valence-corrected chi connectivity index (χ1v) is 6.58. The molecule has 2 saturated carbocycles. The Morgan fingerprint density at radius 2 is 2.12 bits per heavy atom. The number of hydrogen-bond acceptors (Lipinski definition) is 2. The third-order valence-corrected chi connectivity index (χ3v) is 4.88. The number of carbonyl (C=O) groups excluding carboxylic acids is 1. The summed E-state index contributed by atoms with van der Waals surface area (Å²) in [5.41, 5.74) is 0.634. The van der Waals surface area contributed by atoms with E-state index in [-0.39, 0.29) is 11.4 Å². The number of hydrogen-bond donors (Lipinski definition) is 0. The zero-order valence-electron chi connectivity index (χ0n) is 9.82. The number of rotatable bonds is 0. The van der Waals surface area contributed by atoms with Crippen LogP contribution in [0.15, 0.2) is 24.3 Å². The minimum absolute atomic E-state index is 0.144. The maximum Gasteiger partial charge on any atom is 0.170 e. The minimum Gasteiger partial charge on any atom is -0.486 e. The molecule has 2 heteroatoms. The smallest absolute Gasteiger partial charge is 0.170 e. The largest absolute Gasteiger partial charge is 0.486 e. The van der Waals surface area contributed by atoms with Gasteiger partial charge in [0.2, 0.25) is 0 Å². The Kier molecular flexibility index (Phi) is 1.78. The highest BCUT2D eigenvalue weighted by atomic mass is 16.5. The second kappa shape index (κ2) is 3.12. The first kappa shape index (κ1) is 9.69. The zero-order chi connectivity index (χ0) is 11.5. The molecular formula is C15H16O2. The van der Waals surface area contributed by atoms with Gasteiger partial charge in [0, 0.05) is 0 Å². The van der Waals surface area contributed by atoms with Crippen LogP contribution < -0.4 is 4.74 Å². The predicted octanol–water partition coefficient (Wildman–Crippen LogP) is 3.21. The zero-order valence-corrected chi connectivity index (χ0v) is 9.82. The molecule has 3 unspecified atom stereocenters. The van der Waals surface area contributed by atoms with Crippen LogP contribution >= 0.6 is 0 Å². The molecule has 0 saturated heterocycles. The fraction of sp³-hybridized carbons (Fsp3) is 0.533. The van der Waals surface area contributed by atoms with Crippen LogP contribution in [-0.2, 0) is 0 Å². The van der Waals surface area contributed by atoms with Gasteiger partial charge in [-0.15, -0.1) is 0 Å². The molecule has 1 spiro atoms. The van der Waals surface area contributed by atoms with E-state index in [1.807, 2.05) is 24.3 Å². The molecule has 2 bridgehead atoms. The average molecular weight is 228 g/mol. The summed E-state index contributed by atoms with van der Waals surface area (Å²) in [4.78, 5) is 12.2. The molecule has 3 atom stereocenters. The van der Waals surface area contributed by atoms with Crippen molar-refractivity contribution in [3.05, 3.63) is 29.8 Å². The molecule has 3 aliphatic rings. The molecule has 0 N–H and O–H groups in total. The molecule has 2 fully saturated rings. The minimum atomic E-state index is -0.144. The Balaban J connectivity index is 1.77. The summed E-state index contributed by atoms with van der Waals surface area (Å²) < 4.78 is 6.26. The van der Waals surface area contributed by atoms with E-state index >= 15 is 0 Å². The quantitative estimate of drug-likeness (QED) is 0.681. The first-order valence-electron chi connectivity index (χ1n) is 6.58. The second-order valence-corrected chi connectivity index (χ2v) is 5.84. The summed E-state index contributed by atoms with van der Waals surface area (Å²) in [7, 11) is 0. The van der Waals surface area contributed by atoms with Crippen LogP contribution in [0.5, 0.6) is 5.75 Å². The van der Waals surface area contributed by atoms with Gasteiger partial charge in [-0.2, -0.15) is 0 Å². The molecule has 0 amide bonds. The highest BCUT2D eigenvalue weighted by molar-refractivity contribution is 6.00. The van der Waals surface area contributed by atoms with Crippen molar-refractivity contribution in [2.45, 2.75) is 37.7 Å². The lowest BCUT2D eigenvalue weighted by Crippen LogP contribution is -2.46. The van der Waals surface area contributed by atoms with Crippen LogP contribution in [0.25, 0.3) is 0 Å². The SMILES string of the molecule is O=C1CC2(CC3CCC2C3)Oc2ccccc21. The van der Waals surface area contributed by atoms with Crippen molar-refractivity contribution in [3.63, 3.8) is 0 Å². The van der Waals surface area contributed by atoms with Crippen molar-refractivity contribution < 1.29 is 9.53 Å². The highest BCUT2D eigenvalue weighted by Crippen LogP contribution is 2.56. The van der Waals surface area contributed by atoms with Crippen molar-refractivity contribution in [1.82, 2.24) is 0 Å². The van der Waals surface area contributed by atoms with Crippen LogP contribution in [0.3, 0.4) is 0 Å². The third-order valence-electron chi connectivity index (χ3n) is 4.88. The number of carbonyl (C=O) groups is 1. The van der Waals surface area contributed by atoms with Crippen molar-refractivity contribution in [2.75, 3.05) is 0 Å². The summed E-state index contributed by atoms with van der Waals surface area (Å²) in [6.45, 7) is 0. The van der Waals surface area contributed by atoms with Crippen molar-refractivity contribution in [1.29, 1.82) is 0 Å². The number of Topliss-reactive ketones (excluding diaryl/α,β-unsaturated/α-hetero) is 1. The molecule has 4 rings (SSSR count). The Morgan fingerprint density at radius 1 is 1.24 bits per heavy atom. The predicted molar refractivity (Wildman–Crippen MR) is 64.2 cm³/mol. The number of benzene rings is 1. The van der Waals surface area contributed by atoms with Crippen LogP contribution in [0.1, 0.15) is 42.5 Å². The second-order valence-electron chi connectivity index (χ2n) is 5.84.